The number of nitrogens with zero attached hydrogens (tertiary/aromatic N) is 3. The van der Waals surface area contributed by atoms with Gasteiger partial charge in [-0.05, 0) is 25.8 Å². The van der Waals surface area contributed by atoms with Crippen molar-refractivity contribution in [3.8, 4) is 0 Å². The second-order valence-corrected chi connectivity index (χ2v) is 5.86. The third kappa shape index (κ3) is 6.77. The molecule has 1 N–H and O–H groups in total. The molecule has 0 bridgehead atoms. The van der Waals surface area contributed by atoms with Crippen molar-refractivity contribution in [2.45, 2.75) is 26.8 Å². The van der Waals surface area contributed by atoms with Gasteiger partial charge in [-0.3, -0.25) is 10.1 Å². The summed E-state index contributed by atoms with van der Waals surface area (Å²) in [7, 11) is 0. The van der Waals surface area contributed by atoms with E-state index in [1.807, 2.05) is 19.9 Å². The highest BCUT2D eigenvalue weighted by Crippen LogP contribution is 2.18. The minimum Gasteiger partial charge on any atom is -0.381 e. The SMILES string of the molecule is CCNC(=NCc1cccc([N+](=O)[O-])c1)N1CCC(COCC)C1.I. The Labute approximate surface area is 166 Å². The summed E-state index contributed by atoms with van der Waals surface area (Å²) >= 11 is 0. The van der Waals surface area contributed by atoms with Crippen molar-refractivity contribution in [2.24, 2.45) is 10.9 Å². The van der Waals surface area contributed by atoms with Crippen molar-refractivity contribution in [3.05, 3.63) is 39.9 Å². The second kappa shape index (κ2) is 11.2. The van der Waals surface area contributed by atoms with E-state index in [1.165, 1.54) is 6.07 Å². The molecule has 1 unspecified atom stereocenters. The summed E-state index contributed by atoms with van der Waals surface area (Å²) in [6.07, 6.45) is 1.10. The molecular weight excluding hydrogens is 435 g/mol. The van der Waals surface area contributed by atoms with Crippen LogP contribution in [0.3, 0.4) is 0 Å². The monoisotopic (exact) mass is 462 g/mol. The highest BCUT2D eigenvalue weighted by Gasteiger charge is 2.24. The smallest absolute Gasteiger partial charge is 0.269 e. The molecule has 1 aromatic rings. The van der Waals surface area contributed by atoms with Gasteiger partial charge in [0, 0.05) is 44.3 Å². The fourth-order valence-corrected chi connectivity index (χ4v) is 2.81. The molecular formula is C17H27IN4O3. The molecule has 7 nitrogen and oxygen atoms in total. The van der Waals surface area contributed by atoms with Crippen LogP contribution in [-0.2, 0) is 11.3 Å². The lowest BCUT2D eigenvalue weighted by Crippen LogP contribution is -2.40. The van der Waals surface area contributed by atoms with E-state index in [2.05, 4.69) is 15.2 Å². The number of likely N-dealkylation sites (tertiary alicyclic amines) is 1. The quantitative estimate of drug-likeness (QED) is 0.222. The first-order chi connectivity index (χ1) is 11.6. The van der Waals surface area contributed by atoms with Crippen molar-refractivity contribution in [1.29, 1.82) is 0 Å². The van der Waals surface area contributed by atoms with Gasteiger partial charge in [0.2, 0.25) is 0 Å². The summed E-state index contributed by atoms with van der Waals surface area (Å²) in [6, 6.07) is 6.64. The lowest BCUT2D eigenvalue weighted by Gasteiger charge is -2.21. The van der Waals surface area contributed by atoms with E-state index in [-0.39, 0.29) is 34.6 Å². The van der Waals surface area contributed by atoms with Crippen molar-refractivity contribution in [1.82, 2.24) is 10.2 Å². The Morgan fingerprint density at radius 3 is 2.96 bits per heavy atom. The Balaban J connectivity index is 0.00000312. The van der Waals surface area contributed by atoms with Crippen molar-refractivity contribution < 1.29 is 9.66 Å². The zero-order valence-electron chi connectivity index (χ0n) is 14.8. The molecule has 1 aromatic carbocycles. The van der Waals surface area contributed by atoms with Crippen LogP contribution in [0.4, 0.5) is 5.69 Å². The van der Waals surface area contributed by atoms with Crippen molar-refractivity contribution in [2.75, 3.05) is 32.8 Å². The van der Waals surface area contributed by atoms with Gasteiger partial charge in [-0.2, -0.15) is 0 Å². The van der Waals surface area contributed by atoms with Crippen LogP contribution >= 0.6 is 24.0 Å². The number of hydrogen-bond acceptors (Lipinski definition) is 4. The minimum absolute atomic E-state index is 0. The van der Waals surface area contributed by atoms with Gasteiger partial charge in [-0.15, -0.1) is 24.0 Å². The number of rotatable bonds is 7. The number of benzene rings is 1. The van der Waals surface area contributed by atoms with Gasteiger partial charge in [0.15, 0.2) is 5.96 Å². The maximum atomic E-state index is 10.9. The van der Waals surface area contributed by atoms with Crippen LogP contribution in [0.15, 0.2) is 29.3 Å². The van der Waals surface area contributed by atoms with Gasteiger partial charge in [-0.1, -0.05) is 12.1 Å². The third-order valence-corrected chi connectivity index (χ3v) is 4.01. The molecule has 1 saturated heterocycles. The van der Waals surface area contributed by atoms with E-state index in [9.17, 15) is 10.1 Å². The van der Waals surface area contributed by atoms with E-state index in [4.69, 9.17) is 4.74 Å². The molecule has 1 fully saturated rings. The number of nitro groups is 1. The molecule has 8 heteroatoms. The number of hydrogen-bond donors (Lipinski definition) is 1. The summed E-state index contributed by atoms with van der Waals surface area (Å²) in [4.78, 5) is 17.4. The first-order valence-corrected chi connectivity index (χ1v) is 8.48. The molecule has 140 valence electrons. The maximum absolute atomic E-state index is 10.9. The predicted octanol–water partition coefficient (Wildman–Crippen LogP) is 3.04. The number of aliphatic imine (C=N–C) groups is 1. The molecule has 0 radical (unpaired) electrons. The summed E-state index contributed by atoms with van der Waals surface area (Å²) in [5, 5.41) is 14.2. The maximum Gasteiger partial charge on any atom is 0.269 e. The number of nitro benzene ring substituents is 1. The number of guanidine groups is 1. The van der Waals surface area contributed by atoms with Gasteiger partial charge in [0.1, 0.15) is 0 Å². The Morgan fingerprint density at radius 2 is 2.28 bits per heavy atom. The molecule has 1 atom stereocenters. The Bertz CT molecular complexity index is 583. The molecule has 0 aliphatic carbocycles. The molecule has 1 aliphatic heterocycles. The largest absolute Gasteiger partial charge is 0.381 e. The zero-order chi connectivity index (χ0) is 17.4. The Kier molecular flexibility index (Phi) is 9.73. The van der Waals surface area contributed by atoms with Crippen LogP contribution in [0, 0.1) is 16.0 Å². The normalized spacial score (nSPS) is 17.3. The molecule has 25 heavy (non-hydrogen) atoms. The Hall–Kier alpha value is -1.42. The highest BCUT2D eigenvalue weighted by molar-refractivity contribution is 14.0. The number of nitrogens with one attached hydrogen (secondary N) is 1. The van der Waals surface area contributed by atoms with E-state index >= 15 is 0 Å². The second-order valence-electron chi connectivity index (χ2n) is 5.86. The fraction of sp³-hybridized carbons (Fsp3) is 0.588. The van der Waals surface area contributed by atoms with Crippen molar-refractivity contribution >= 4 is 35.6 Å². The van der Waals surface area contributed by atoms with E-state index in [0.29, 0.717) is 12.5 Å². The highest BCUT2D eigenvalue weighted by atomic mass is 127. The van der Waals surface area contributed by atoms with E-state index in [1.54, 1.807) is 12.1 Å². The van der Waals surface area contributed by atoms with Crippen LogP contribution < -0.4 is 5.32 Å². The molecule has 0 saturated carbocycles. The molecule has 1 aliphatic rings. The molecule has 2 rings (SSSR count). The number of ether oxygens (including phenoxy) is 1. The van der Waals surface area contributed by atoms with Crippen LogP contribution in [-0.4, -0.2) is 48.6 Å². The average Bonchev–Trinajstić information content (AvgIpc) is 3.05. The van der Waals surface area contributed by atoms with Gasteiger partial charge in [0.05, 0.1) is 18.1 Å². The summed E-state index contributed by atoms with van der Waals surface area (Å²) in [6.45, 7) is 8.69. The van der Waals surface area contributed by atoms with Crippen LogP contribution in [0.1, 0.15) is 25.8 Å². The lowest BCUT2D eigenvalue weighted by molar-refractivity contribution is -0.384. The predicted molar refractivity (Wildman–Crippen MR) is 110 cm³/mol. The van der Waals surface area contributed by atoms with E-state index < -0.39 is 0 Å². The zero-order valence-corrected chi connectivity index (χ0v) is 17.1. The lowest BCUT2D eigenvalue weighted by atomic mass is 10.1. The minimum atomic E-state index is -0.378. The molecule has 0 amide bonds. The van der Waals surface area contributed by atoms with Crippen molar-refractivity contribution in [3.63, 3.8) is 0 Å². The standard InChI is InChI=1S/C17H26N4O3.HI/c1-3-18-17(20-9-8-15(12-20)13-24-4-2)19-11-14-6-5-7-16(10-14)21(22)23;/h5-7,10,15H,3-4,8-9,11-13H2,1-2H3,(H,18,19);1H. The van der Waals surface area contributed by atoms with Gasteiger partial charge >= 0.3 is 0 Å². The number of non-ortho nitro benzene ring substituents is 1. The first-order valence-electron chi connectivity index (χ1n) is 8.48. The van der Waals surface area contributed by atoms with Gasteiger partial charge < -0.3 is 15.0 Å². The van der Waals surface area contributed by atoms with Crippen LogP contribution in [0.2, 0.25) is 0 Å². The molecule has 0 aromatic heterocycles. The van der Waals surface area contributed by atoms with Crippen LogP contribution in [0.25, 0.3) is 0 Å². The van der Waals surface area contributed by atoms with E-state index in [0.717, 1.165) is 50.8 Å². The van der Waals surface area contributed by atoms with Gasteiger partial charge in [-0.25, -0.2) is 4.99 Å². The number of halogens is 1. The molecule has 0 spiro atoms. The molecule has 1 heterocycles. The van der Waals surface area contributed by atoms with Crippen LogP contribution in [0.5, 0.6) is 0 Å². The third-order valence-electron chi connectivity index (χ3n) is 4.01. The van der Waals surface area contributed by atoms with Gasteiger partial charge in [0.25, 0.3) is 5.69 Å². The summed E-state index contributed by atoms with van der Waals surface area (Å²) < 4.78 is 5.52. The Morgan fingerprint density at radius 1 is 1.48 bits per heavy atom. The first kappa shape index (κ1) is 21.6. The summed E-state index contributed by atoms with van der Waals surface area (Å²) in [5.41, 5.74) is 0.940. The topological polar surface area (TPSA) is 80.0 Å². The fourth-order valence-electron chi connectivity index (χ4n) is 2.81. The average molecular weight is 462 g/mol. The summed E-state index contributed by atoms with van der Waals surface area (Å²) in [5.74, 6) is 1.40.